The number of anilines is 1. The van der Waals surface area contributed by atoms with Crippen molar-refractivity contribution in [2.75, 3.05) is 11.3 Å². The van der Waals surface area contributed by atoms with E-state index in [4.69, 9.17) is 16.3 Å². The van der Waals surface area contributed by atoms with Gasteiger partial charge in [0.1, 0.15) is 5.75 Å². The molecule has 1 aliphatic rings. The summed E-state index contributed by atoms with van der Waals surface area (Å²) in [6.45, 7) is 1.76. The topological polar surface area (TPSA) is 84.5 Å². The number of ether oxygens (including phenoxy) is 1. The molecule has 0 unspecified atom stereocenters. The van der Waals surface area contributed by atoms with Crippen molar-refractivity contribution < 1.29 is 17.9 Å². The lowest BCUT2D eigenvalue weighted by atomic mass is 10.2. The van der Waals surface area contributed by atoms with Gasteiger partial charge in [-0.15, -0.1) is 0 Å². The number of rotatable bonds is 7. The fraction of sp³-hybridized carbons (Fsp3) is 0.350. The number of aryl methyl sites for hydroxylation is 1. The molecule has 0 aromatic heterocycles. The van der Waals surface area contributed by atoms with Crippen LogP contribution in [0.4, 0.5) is 5.69 Å². The summed E-state index contributed by atoms with van der Waals surface area (Å²) in [4.78, 5) is 12.0. The van der Waals surface area contributed by atoms with E-state index in [1.807, 2.05) is 19.1 Å². The van der Waals surface area contributed by atoms with Crippen molar-refractivity contribution in [1.29, 1.82) is 0 Å². The molecule has 0 saturated heterocycles. The zero-order valence-electron chi connectivity index (χ0n) is 15.6. The Kier molecular flexibility index (Phi) is 6.46. The van der Waals surface area contributed by atoms with E-state index in [0.29, 0.717) is 5.69 Å². The first-order valence-electron chi connectivity index (χ1n) is 9.15. The van der Waals surface area contributed by atoms with Gasteiger partial charge in [0.05, 0.1) is 9.92 Å². The van der Waals surface area contributed by atoms with Crippen molar-refractivity contribution in [3.05, 3.63) is 53.1 Å². The standard InChI is InChI=1S/C20H23ClN2O4S/c1-14-6-8-16(9-7-14)23-28(25,26)17-10-11-19(18(21)12-17)27-13-20(24)22-15-4-2-3-5-15/h6-12,15,23H,2-5,13H2,1H3,(H,22,24). The Morgan fingerprint density at radius 1 is 1.14 bits per heavy atom. The van der Waals surface area contributed by atoms with Gasteiger partial charge in [-0.2, -0.15) is 0 Å². The molecular formula is C20H23ClN2O4S. The van der Waals surface area contributed by atoms with Gasteiger partial charge >= 0.3 is 0 Å². The average molecular weight is 423 g/mol. The monoisotopic (exact) mass is 422 g/mol. The summed E-state index contributed by atoms with van der Waals surface area (Å²) in [5.74, 6) is 0.0539. The molecule has 2 aromatic carbocycles. The Morgan fingerprint density at radius 3 is 2.46 bits per heavy atom. The number of amides is 1. The smallest absolute Gasteiger partial charge is 0.261 e. The maximum atomic E-state index is 12.5. The molecule has 1 saturated carbocycles. The van der Waals surface area contributed by atoms with Crippen molar-refractivity contribution in [3.63, 3.8) is 0 Å². The summed E-state index contributed by atoms with van der Waals surface area (Å²) in [7, 11) is -3.78. The van der Waals surface area contributed by atoms with E-state index in [1.165, 1.54) is 18.2 Å². The number of halogens is 1. The third-order valence-corrected chi connectivity index (χ3v) is 6.27. The Hall–Kier alpha value is -2.25. The molecule has 0 aliphatic heterocycles. The highest BCUT2D eigenvalue weighted by atomic mass is 35.5. The Bertz CT molecular complexity index is 939. The summed E-state index contributed by atoms with van der Waals surface area (Å²) in [6, 6.07) is 11.4. The zero-order valence-corrected chi connectivity index (χ0v) is 17.1. The van der Waals surface area contributed by atoms with E-state index >= 15 is 0 Å². The second-order valence-corrected chi connectivity index (χ2v) is 8.99. The first kappa shape index (κ1) is 20.5. The second-order valence-electron chi connectivity index (χ2n) is 6.90. The Morgan fingerprint density at radius 2 is 1.82 bits per heavy atom. The van der Waals surface area contributed by atoms with E-state index in [-0.39, 0.29) is 34.2 Å². The van der Waals surface area contributed by atoms with Crippen LogP contribution in [0.15, 0.2) is 47.4 Å². The predicted molar refractivity (Wildman–Crippen MR) is 109 cm³/mol. The van der Waals surface area contributed by atoms with Crippen LogP contribution < -0.4 is 14.8 Å². The molecule has 6 nitrogen and oxygen atoms in total. The van der Waals surface area contributed by atoms with Crippen LogP contribution in [0.3, 0.4) is 0 Å². The SMILES string of the molecule is Cc1ccc(NS(=O)(=O)c2ccc(OCC(=O)NC3CCCC3)c(Cl)c2)cc1. The van der Waals surface area contributed by atoms with Crippen molar-refractivity contribution >= 4 is 33.2 Å². The Labute approximate surface area is 170 Å². The lowest BCUT2D eigenvalue weighted by Crippen LogP contribution is -2.36. The van der Waals surface area contributed by atoms with Gasteiger partial charge in [0.2, 0.25) is 0 Å². The number of carbonyl (C=O) groups excluding carboxylic acids is 1. The van der Waals surface area contributed by atoms with Gasteiger partial charge in [0.25, 0.3) is 15.9 Å². The summed E-state index contributed by atoms with van der Waals surface area (Å²) in [5.41, 5.74) is 1.50. The van der Waals surface area contributed by atoms with Gasteiger partial charge in [0, 0.05) is 11.7 Å². The highest BCUT2D eigenvalue weighted by Crippen LogP contribution is 2.28. The minimum absolute atomic E-state index is 0.0147. The number of sulfonamides is 1. The molecule has 0 heterocycles. The van der Waals surface area contributed by atoms with Crippen LogP contribution in [-0.4, -0.2) is 27.0 Å². The molecule has 8 heteroatoms. The van der Waals surface area contributed by atoms with E-state index in [2.05, 4.69) is 10.0 Å². The molecule has 2 aromatic rings. The van der Waals surface area contributed by atoms with Gasteiger partial charge in [0.15, 0.2) is 6.61 Å². The van der Waals surface area contributed by atoms with Crippen molar-refractivity contribution in [2.24, 2.45) is 0 Å². The van der Waals surface area contributed by atoms with E-state index < -0.39 is 10.0 Å². The average Bonchev–Trinajstić information content (AvgIpc) is 3.15. The third-order valence-electron chi connectivity index (χ3n) is 4.60. The summed E-state index contributed by atoms with van der Waals surface area (Å²) in [6.07, 6.45) is 4.24. The number of nitrogens with one attached hydrogen (secondary N) is 2. The van der Waals surface area contributed by atoms with E-state index in [1.54, 1.807) is 12.1 Å². The largest absolute Gasteiger partial charge is 0.482 e. The molecule has 2 N–H and O–H groups in total. The summed E-state index contributed by atoms with van der Waals surface area (Å²) >= 11 is 6.16. The summed E-state index contributed by atoms with van der Waals surface area (Å²) < 4.78 is 33.0. The normalized spacial score (nSPS) is 14.6. The molecule has 1 fully saturated rings. The number of carbonyl (C=O) groups is 1. The molecule has 150 valence electrons. The first-order valence-corrected chi connectivity index (χ1v) is 11.0. The van der Waals surface area contributed by atoms with Gasteiger partial charge in [-0.1, -0.05) is 42.1 Å². The molecule has 0 atom stereocenters. The Balaban J connectivity index is 1.62. The van der Waals surface area contributed by atoms with Crippen molar-refractivity contribution in [2.45, 2.75) is 43.5 Å². The van der Waals surface area contributed by atoms with Crippen LogP contribution >= 0.6 is 11.6 Å². The van der Waals surface area contributed by atoms with E-state index in [0.717, 1.165) is 31.2 Å². The van der Waals surface area contributed by atoms with Crippen LogP contribution in [0, 0.1) is 6.92 Å². The fourth-order valence-electron chi connectivity index (χ4n) is 3.08. The van der Waals surface area contributed by atoms with Crippen LogP contribution in [0.2, 0.25) is 5.02 Å². The van der Waals surface area contributed by atoms with Gasteiger partial charge in [-0.05, 0) is 50.1 Å². The van der Waals surface area contributed by atoms with Gasteiger partial charge in [-0.3, -0.25) is 9.52 Å². The van der Waals surface area contributed by atoms with Crippen LogP contribution in [0.1, 0.15) is 31.2 Å². The highest BCUT2D eigenvalue weighted by molar-refractivity contribution is 7.92. The maximum Gasteiger partial charge on any atom is 0.261 e. The first-order chi connectivity index (χ1) is 13.3. The molecule has 0 spiro atoms. The molecule has 28 heavy (non-hydrogen) atoms. The van der Waals surface area contributed by atoms with Crippen LogP contribution in [-0.2, 0) is 14.8 Å². The van der Waals surface area contributed by atoms with Gasteiger partial charge in [-0.25, -0.2) is 8.42 Å². The summed E-state index contributed by atoms with van der Waals surface area (Å²) in [5, 5.41) is 3.05. The molecule has 0 radical (unpaired) electrons. The number of hydrogen-bond acceptors (Lipinski definition) is 4. The van der Waals surface area contributed by atoms with Crippen LogP contribution in [0.25, 0.3) is 0 Å². The maximum absolute atomic E-state index is 12.5. The molecule has 1 amide bonds. The van der Waals surface area contributed by atoms with Crippen molar-refractivity contribution in [3.8, 4) is 5.75 Å². The minimum atomic E-state index is -3.78. The van der Waals surface area contributed by atoms with Crippen LogP contribution in [0.5, 0.6) is 5.75 Å². The highest BCUT2D eigenvalue weighted by Gasteiger charge is 2.19. The molecule has 0 bridgehead atoms. The number of hydrogen-bond donors (Lipinski definition) is 2. The third kappa shape index (κ3) is 5.39. The number of benzene rings is 2. The zero-order chi connectivity index (χ0) is 20.1. The molecule has 3 rings (SSSR count). The molecule has 1 aliphatic carbocycles. The lowest BCUT2D eigenvalue weighted by molar-refractivity contribution is -0.123. The van der Waals surface area contributed by atoms with E-state index in [9.17, 15) is 13.2 Å². The minimum Gasteiger partial charge on any atom is -0.482 e. The predicted octanol–water partition coefficient (Wildman–Crippen LogP) is 3.89. The quantitative estimate of drug-likeness (QED) is 0.709. The fourth-order valence-corrected chi connectivity index (χ4v) is 4.47. The molecular weight excluding hydrogens is 400 g/mol. The second kappa shape index (κ2) is 8.84. The van der Waals surface area contributed by atoms with Gasteiger partial charge < -0.3 is 10.1 Å². The van der Waals surface area contributed by atoms with Crippen molar-refractivity contribution in [1.82, 2.24) is 5.32 Å². The lowest BCUT2D eigenvalue weighted by Gasteiger charge is -2.14.